The topological polar surface area (TPSA) is 33.1 Å². The van der Waals surface area contributed by atoms with E-state index in [0.29, 0.717) is 12.0 Å². The number of anilines is 1. The Balaban J connectivity index is 2.10. The van der Waals surface area contributed by atoms with Gasteiger partial charge >= 0.3 is 0 Å². The lowest BCUT2D eigenvalue weighted by atomic mass is 10.2. The van der Waals surface area contributed by atoms with Crippen molar-refractivity contribution >= 4 is 5.95 Å². The van der Waals surface area contributed by atoms with Gasteiger partial charge in [-0.25, -0.2) is 4.98 Å². The fourth-order valence-electron chi connectivity index (χ4n) is 2.23. The molecule has 0 aliphatic carbocycles. The minimum atomic E-state index is 0.554. The molecule has 2 heterocycles. The van der Waals surface area contributed by atoms with Gasteiger partial charge in [0.15, 0.2) is 0 Å². The second-order valence-corrected chi connectivity index (χ2v) is 5.07. The lowest BCUT2D eigenvalue weighted by Crippen LogP contribution is -2.50. The molecule has 0 radical (unpaired) electrons. The number of rotatable bonds is 3. The summed E-state index contributed by atoms with van der Waals surface area (Å²) in [5, 5.41) is 3.46. The average Bonchev–Trinajstić information content (AvgIpc) is 2.65. The van der Waals surface area contributed by atoms with Crippen LogP contribution in [0.3, 0.4) is 0 Å². The molecule has 1 atom stereocenters. The Morgan fingerprint density at radius 1 is 1.56 bits per heavy atom. The van der Waals surface area contributed by atoms with E-state index in [1.54, 1.807) is 0 Å². The van der Waals surface area contributed by atoms with Crippen LogP contribution in [0.4, 0.5) is 5.95 Å². The highest BCUT2D eigenvalue weighted by Gasteiger charge is 2.19. The fraction of sp³-hybridized carbons (Fsp3) is 0.750. The van der Waals surface area contributed by atoms with Crippen LogP contribution in [-0.2, 0) is 6.54 Å². The molecule has 4 heteroatoms. The maximum Gasteiger partial charge on any atom is 0.205 e. The lowest BCUT2D eigenvalue weighted by molar-refractivity contribution is 0.462. The van der Waals surface area contributed by atoms with Crippen molar-refractivity contribution in [3.05, 3.63) is 12.4 Å². The number of hydrogen-bond acceptors (Lipinski definition) is 3. The second kappa shape index (κ2) is 4.87. The molecule has 0 saturated carbocycles. The summed E-state index contributed by atoms with van der Waals surface area (Å²) in [6, 6.07) is 0.554. The molecular formula is C12H22N4. The van der Waals surface area contributed by atoms with E-state index in [2.05, 4.69) is 46.7 Å². The largest absolute Gasteiger partial charge is 0.339 e. The average molecular weight is 222 g/mol. The molecule has 1 aromatic rings. The van der Waals surface area contributed by atoms with Gasteiger partial charge in [0.1, 0.15) is 0 Å². The molecule has 0 bridgehead atoms. The molecule has 4 nitrogen and oxygen atoms in total. The third-order valence-electron chi connectivity index (χ3n) is 2.91. The molecule has 1 saturated heterocycles. The van der Waals surface area contributed by atoms with Crippen molar-refractivity contribution in [2.75, 3.05) is 24.5 Å². The number of nitrogens with one attached hydrogen (secondary N) is 1. The van der Waals surface area contributed by atoms with E-state index in [-0.39, 0.29) is 0 Å². The number of nitrogens with zero attached hydrogens (tertiary/aromatic N) is 3. The van der Waals surface area contributed by atoms with Gasteiger partial charge < -0.3 is 14.8 Å². The number of hydrogen-bond donors (Lipinski definition) is 1. The molecular weight excluding hydrogens is 200 g/mol. The first-order valence-electron chi connectivity index (χ1n) is 6.16. The first-order chi connectivity index (χ1) is 7.66. The van der Waals surface area contributed by atoms with E-state index in [1.165, 1.54) is 0 Å². The summed E-state index contributed by atoms with van der Waals surface area (Å²) in [4.78, 5) is 6.87. The van der Waals surface area contributed by atoms with Crippen LogP contribution >= 0.6 is 0 Å². The number of piperazine rings is 1. The lowest BCUT2D eigenvalue weighted by Gasteiger charge is -2.33. The monoisotopic (exact) mass is 222 g/mol. The van der Waals surface area contributed by atoms with Gasteiger partial charge in [0.05, 0.1) is 0 Å². The molecule has 0 aromatic carbocycles. The minimum absolute atomic E-state index is 0.554. The van der Waals surface area contributed by atoms with E-state index in [0.717, 1.165) is 32.1 Å². The quantitative estimate of drug-likeness (QED) is 0.837. The Hall–Kier alpha value is -1.03. The third kappa shape index (κ3) is 2.55. The van der Waals surface area contributed by atoms with E-state index in [4.69, 9.17) is 0 Å². The number of imidazole rings is 1. The van der Waals surface area contributed by atoms with Crippen molar-refractivity contribution in [3.63, 3.8) is 0 Å². The molecule has 1 unspecified atom stereocenters. The van der Waals surface area contributed by atoms with Crippen LogP contribution in [0, 0.1) is 5.92 Å². The molecule has 1 N–H and O–H groups in total. The molecule has 0 spiro atoms. The molecule has 2 rings (SSSR count). The normalized spacial score (nSPS) is 21.8. The summed E-state index contributed by atoms with van der Waals surface area (Å²) in [5.41, 5.74) is 0. The van der Waals surface area contributed by atoms with Crippen LogP contribution in [0.5, 0.6) is 0 Å². The molecule has 0 amide bonds. The van der Waals surface area contributed by atoms with Gasteiger partial charge in [-0.05, 0) is 12.8 Å². The fourth-order valence-corrected chi connectivity index (χ4v) is 2.23. The minimum Gasteiger partial charge on any atom is -0.339 e. The van der Waals surface area contributed by atoms with Gasteiger partial charge in [0.2, 0.25) is 5.95 Å². The molecule has 1 aromatic heterocycles. The van der Waals surface area contributed by atoms with Crippen LogP contribution in [0.1, 0.15) is 20.8 Å². The zero-order valence-electron chi connectivity index (χ0n) is 10.5. The predicted octanol–water partition coefficient (Wildman–Crippen LogP) is 1.34. The highest BCUT2D eigenvalue weighted by Crippen LogP contribution is 2.15. The summed E-state index contributed by atoms with van der Waals surface area (Å²) < 4.78 is 2.27. The van der Waals surface area contributed by atoms with Crippen LogP contribution in [-0.4, -0.2) is 35.2 Å². The maximum atomic E-state index is 4.49. The van der Waals surface area contributed by atoms with Crippen molar-refractivity contribution in [3.8, 4) is 0 Å². The van der Waals surface area contributed by atoms with Crippen LogP contribution < -0.4 is 10.2 Å². The van der Waals surface area contributed by atoms with Crippen molar-refractivity contribution < 1.29 is 0 Å². The van der Waals surface area contributed by atoms with Gasteiger partial charge in [0, 0.05) is 44.6 Å². The van der Waals surface area contributed by atoms with Gasteiger partial charge in [-0.1, -0.05) is 13.8 Å². The second-order valence-electron chi connectivity index (χ2n) is 5.07. The van der Waals surface area contributed by atoms with Gasteiger partial charge in [-0.2, -0.15) is 0 Å². The van der Waals surface area contributed by atoms with Crippen LogP contribution in [0.2, 0.25) is 0 Å². The van der Waals surface area contributed by atoms with Crippen LogP contribution in [0.15, 0.2) is 12.4 Å². The summed E-state index contributed by atoms with van der Waals surface area (Å²) in [6.45, 7) is 10.9. The zero-order chi connectivity index (χ0) is 11.5. The van der Waals surface area contributed by atoms with Gasteiger partial charge in [-0.15, -0.1) is 0 Å². The van der Waals surface area contributed by atoms with Crippen molar-refractivity contribution in [1.82, 2.24) is 14.9 Å². The van der Waals surface area contributed by atoms with Crippen molar-refractivity contribution in [2.24, 2.45) is 5.92 Å². The number of aromatic nitrogens is 2. The Labute approximate surface area is 97.7 Å². The SMILES string of the molecule is CC(C)Cn1ccnc1N1CCNC(C)C1. The van der Waals surface area contributed by atoms with Crippen molar-refractivity contribution in [2.45, 2.75) is 33.4 Å². The van der Waals surface area contributed by atoms with E-state index in [1.807, 2.05) is 6.20 Å². The summed E-state index contributed by atoms with van der Waals surface area (Å²) in [6.07, 6.45) is 3.99. The standard InChI is InChI=1S/C12H22N4/c1-10(2)8-15-7-5-14-12(15)16-6-4-13-11(3)9-16/h5,7,10-11,13H,4,6,8-9H2,1-3H3. The molecule has 16 heavy (non-hydrogen) atoms. The maximum absolute atomic E-state index is 4.49. The Bertz CT molecular complexity index is 332. The van der Waals surface area contributed by atoms with E-state index < -0.39 is 0 Å². The molecule has 90 valence electrons. The highest BCUT2D eigenvalue weighted by atomic mass is 15.3. The summed E-state index contributed by atoms with van der Waals surface area (Å²) in [7, 11) is 0. The summed E-state index contributed by atoms with van der Waals surface area (Å²) in [5.74, 6) is 1.79. The van der Waals surface area contributed by atoms with E-state index >= 15 is 0 Å². The first kappa shape index (κ1) is 11.5. The summed E-state index contributed by atoms with van der Waals surface area (Å²) >= 11 is 0. The molecule has 1 aliphatic heterocycles. The smallest absolute Gasteiger partial charge is 0.205 e. The molecule has 1 aliphatic rings. The van der Waals surface area contributed by atoms with Gasteiger partial charge in [0.25, 0.3) is 0 Å². The highest BCUT2D eigenvalue weighted by molar-refractivity contribution is 5.32. The Kier molecular flexibility index (Phi) is 3.49. The van der Waals surface area contributed by atoms with Crippen molar-refractivity contribution in [1.29, 1.82) is 0 Å². The van der Waals surface area contributed by atoms with Gasteiger partial charge in [-0.3, -0.25) is 0 Å². The zero-order valence-corrected chi connectivity index (χ0v) is 10.5. The first-order valence-corrected chi connectivity index (χ1v) is 6.16. The predicted molar refractivity (Wildman–Crippen MR) is 66.7 cm³/mol. The Morgan fingerprint density at radius 3 is 3.06 bits per heavy atom. The molecule has 1 fully saturated rings. The van der Waals surface area contributed by atoms with E-state index in [9.17, 15) is 0 Å². The third-order valence-corrected chi connectivity index (χ3v) is 2.91. The Morgan fingerprint density at radius 2 is 2.38 bits per heavy atom. The van der Waals surface area contributed by atoms with Crippen LogP contribution in [0.25, 0.3) is 0 Å².